The number of nitrogens with zero attached hydrogens (tertiary/aromatic N) is 2. The molecule has 2 N–H and O–H groups in total. The van der Waals surface area contributed by atoms with Gasteiger partial charge in [0, 0.05) is 0 Å². The van der Waals surface area contributed by atoms with Gasteiger partial charge in [-0.15, -0.1) is 11.3 Å². The third-order valence-electron chi connectivity index (χ3n) is 1.55. The Kier molecular flexibility index (Phi) is 1.94. The predicted octanol–water partition coefficient (Wildman–Crippen LogP) is 1.73. The summed E-state index contributed by atoms with van der Waals surface area (Å²) in [4.78, 5) is 4.17. The molecule has 0 radical (unpaired) electrons. The predicted molar refractivity (Wildman–Crippen MR) is 51.4 cm³/mol. The fourth-order valence-corrected chi connectivity index (χ4v) is 1.91. The minimum Gasteiger partial charge on any atom is -0.323 e. The van der Waals surface area contributed by atoms with Crippen molar-refractivity contribution in [1.29, 1.82) is 0 Å². The number of halogens is 1. The number of hydrogen-bond donors (Lipinski definition) is 1. The molecule has 0 spiro atoms. The van der Waals surface area contributed by atoms with E-state index >= 15 is 0 Å². The van der Waals surface area contributed by atoms with Crippen molar-refractivity contribution in [3.63, 3.8) is 0 Å². The SMILES string of the molecule is NN=Cc1nc2ccc(F)cc2s1. The quantitative estimate of drug-likeness (QED) is 0.428. The van der Waals surface area contributed by atoms with Gasteiger partial charge in [0.15, 0.2) is 0 Å². The van der Waals surface area contributed by atoms with Crippen molar-refractivity contribution >= 4 is 27.8 Å². The van der Waals surface area contributed by atoms with Gasteiger partial charge in [0.25, 0.3) is 0 Å². The molecule has 0 fully saturated rings. The zero-order valence-electron chi connectivity index (χ0n) is 6.57. The minimum absolute atomic E-state index is 0.257. The van der Waals surface area contributed by atoms with E-state index in [1.54, 1.807) is 6.07 Å². The van der Waals surface area contributed by atoms with Crippen molar-refractivity contribution in [2.75, 3.05) is 0 Å². The first-order valence-electron chi connectivity index (χ1n) is 3.59. The van der Waals surface area contributed by atoms with E-state index in [9.17, 15) is 4.39 Å². The smallest absolute Gasteiger partial charge is 0.137 e. The Balaban J connectivity index is 2.62. The second kappa shape index (κ2) is 3.10. The molecule has 13 heavy (non-hydrogen) atoms. The lowest BCUT2D eigenvalue weighted by Crippen LogP contribution is -1.83. The first-order valence-corrected chi connectivity index (χ1v) is 4.40. The number of rotatable bonds is 1. The summed E-state index contributed by atoms with van der Waals surface area (Å²) in [5.74, 6) is 4.72. The second-order valence-corrected chi connectivity index (χ2v) is 3.50. The lowest BCUT2D eigenvalue weighted by Gasteiger charge is -1.85. The molecule has 0 aliphatic rings. The molecule has 2 rings (SSSR count). The van der Waals surface area contributed by atoms with Crippen LogP contribution < -0.4 is 5.84 Å². The van der Waals surface area contributed by atoms with E-state index < -0.39 is 0 Å². The van der Waals surface area contributed by atoms with Crippen LogP contribution in [0, 0.1) is 5.82 Å². The summed E-state index contributed by atoms with van der Waals surface area (Å²) in [5.41, 5.74) is 0.765. The molecule has 2 aromatic rings. The Morgan fingerprint density at radius 3 is 3.15 bits per heavy atom. The number of benzene rings is 1. The highest BCUT2D eigenvalue weighted by atomic mass is 32.1. The van der Waals surface area contributed by atoms with Crippen molar-refractivity contribution in [2.24, 2.45) is 10.9 Å². The van der Waals surface area contributed by atoms with Gasteiger partial charge >= 0.3 is 0 Å². The molecular formula is C8H6FN3S. The van der Waals surface area contributed by atoms with Gasteiger partial charge in [-0.2, -0.15) is 5.10 Å². The van der Waals surface area contributed by atoms with E-state index in [2.05, 4.69) is 10.1 Å². The Labute approximate surface area is 77.7 Å². The molecule has 0 bridgehead atoms. The molecule has 0 unspecified atom stereocenters. The van der Waals surface area contributed by atoms with Crippen LogP contribution in [0.25, 0.3) is 10.2 Å². The summed E-state index contributed by atoms with van der Waals surface area (Å²) in [6.07, 6.45) is 1.45. The highest BCUT2D eigenvalue weighted by Gasteiger charge is 2.02. The van der Waals surface area contributed by atoms with Crippen LogP contribution in [0.1, 0.15) is 5.01 Å². The maximum Gasteiger partial charge on any atom is 0.137 e. The standard InChI is InChI=1S/C8H6FN3S/c9-5-1-2-6-7(3-5)13-8(12-6)4-11-10/h1-4H,10H2. The fourth-order valence-electron chi connectivity index (χ4n) is 1.04. The molecule has 0 saturated heterocycles. The zero-order valence-corrected chi connectivity index (χ0v) is 7.38. The number of thiazole rings is 1. The summed E-state index contributed by atoms with van der Waals surface area (Å²) in [6, 6.07) is 4.46. The summed E-state index contributed by atoms with van der Waals surface area (Å²) < 4.78 is 13.6. The van der Waals surface area contributed by atoms with E-state index in [0.717, 1.165) is 10.2 Å². The molecule has 0 amide bonds. The van der Waals surface area contributed by atoms with Crippen molar-refractivity contribution in [1.82, 2.24) is 4.98 Å². The van der Waals surface area contributed by atoms with Gasteiger partial charge in [-0.25, -0.2) is 9.37 Å². The van der Waals surface area contributed by atoms with Crippen molar-refractivity contribution in [2.45, 2.75) is 0 Å². The fraction of sp³-hybridized carbons (Fsp3) is 0. The van der Waals surface area contributed by atoms with Gasteiger partial charge in [0.05, 0.1) is 16.4 Å². The van der Waals surface area contributed by atoms with Crippen LogP contribution in [0.5, 0.6) is 0 Å². The van der Waals surface area contributed by atoms with E-state index in [-0.39, 0.29) is 5.82 Å². The van der Waals surface area contributed by atoms with Crippen molar-refractivity contribution in [3.05, 3.63) is 29.0 Å². The maximum atomic E-state index is 12.8. The number of hydrazone groups is 1. The molecule has 66 valence electrons. The first kappa shape index (κ1) is 8.12. The van der Waals surface area contributed by atoms with Crippen LogP contribution in [0.3, 0.4) is 0 Å². The average molecular weight is 195 g/mol. The Morgan fingerprint density at radius 1 is 1.54 bits per heavy atom. The van der Waals surface area contributed by atoms with Crippen LogP contribution in [0.15, 0.2) is 23.3 Å². The van der Waals surface area contributed by atoms with Crippen LogP contribution in [0.4, 0.5) is 4.39 Å². The van der Waals surface area contributed by atoms with E-state index in [1.807, 2.05) is 0 Å². The topological polar surface area (TPSA) is 51.3 Å². The second-order valence-electron chi connectivity index (χ2n) is 2.44. The highest BCUT2D eigenvalue weighted by molar-refractivity contribution is 7.20. The van der Waals surface area contributed by atoms with Gasteiger partial charge in [-0.3, -0.25) is 0 Å². The molecule has 1 heterocycles. The lowest BCUT2D eigenvalue weighted by molar-refractivity contribution is 0.630. The molecule has 3 nitrogen and oxygen atoms in total. The molecule has 0 aliphatic carbocycles. The van der Waals surface area contributed by atoms with Crippen LogP contribution in [-0.2, 0) is 0 Å². The van der Waals surface area contributed by atoms with Gasteiger partial charge in [-0.05, 0) is 18.2 Å². The van der Waals surface area contributed by atoms with Crippen LogP contribution in [-0.4, -0.2) is 11.2 Å². The lowest BCUT2D eigenvalue weighted by atomic mass is 10.3. The third kappa shape index (κ3) is 1.50. The van der Waals surface area contributed by atoms with Gasteiger partial charge in [-0.1, -0.05) is 0 Å². The van der Waals surface area contributed by atoms with Gasteiger partial charge < -0.3 is 5.84 Å². The molecule has 0 atom stereocenters. The zero-order chi connectivity index (χ0) is 9.26. The largest absolute Gasteiger partial charge is 0.323 e. The van der Waals surface area contributed by atoms with Crippen molar-refractivity contribution in [3.8, 4) is 0 Å². The molecule has 0 saturated carbocycles. The normalized spacial score (nSPS) is 11.5. The van der Waals surface area contributed by atoms with Gasteiger partial charge in [0.2, 0.25) is 0 Å². The number of fused-ring (bicyclic) bond motifs is 1. The Morgan fingerprint density at radius 2 is 2.38 bits per heavy atom. The van der Waals surface area contributed by atoms with E-state index in [0.29, 0.717) is 5.01 Å². The van der Waals surface area contributed by atoms with E-state index in [1.165, 1.54) is 29.7 Å². The average Bonchev–Trinajstić information content (AvgIpc) is 2.46. The minimum atomic E-state index is -0.257. The summed E-state index contributed by atoms with van der Waals surface area (Å²) in [5, 5.41) is 4.04. The molecule has 5 heteroatoms. The van der Waals surface area contributed by atoms with Crippen LogP contribution in [0.2, 0.25) is 0 Å². The van der Waals surface area contributed by atoms with E-state index in [4.69, 9.17) is 5.84 Å². The number of nitrogens with two attached hydrogens (primary N) is 1. The Hall–Kier alpha value is -1.49. The summed E-state index contributed by atoms with van der Waals surface area (Å²) >= 11 is 1.36. The van der Waals surface area contributed by atoms with Crippen molar-refractivity contribution < 1.29 is 4.39 Å². The Bertz CT molecular complexity index is 463. The number of aromatic nitrogens is 1. The number of hydrogen-bond acceptors (Lipinski definition) is 4. The summed E-state index contributed by atoms with van der Waals surface area (Å²) in [7, 11) is 0. The molecular weight excluding hydrogens is 189 g/mol. The molecule has 1 aromatic carbocycles. The monoisotopic (exact) mass is 195 g/mol. The summed E-state index contributed by atoms with van der Waals surface area (Å²) in [6.45, 7) is 0. The molecule has 0 aliphatic heterocycles. The van der Waals surface area contributed by atoms with Crippen LogP contribution >= 0.6 is 11.3 Å². The van der Waals surface area contributed by atoms with Gasteiger partial charge in [0.1, 0.15) is 10.8 Å². The highest BCUT2D eigenvalue weighted by Crippen LogP contribution is 2.21. The maximum absolute atomic E-state index is 12.8. The molecule has 1 aromatic heterocycles. The first-order chi connectivity index (χ1) is 6.29. The third-order valence-corrected chi connectivity index (χ3v) is 2.50.